The molecular formula is C12H11Cl2N3O2. The summed E-state index contributed by atoms with van der Waals surface area (Å²) in [5.41, 5.74) is 1.52. The van der Waals surface area contributed by atoms with Crippen molar-refractivity contribution in [3.63, 3.8) is 0 Å². The fourth-order valence-electron chi connectivity index (χ4n) is 1.47. The van der Waals surface area contributed by atoms with Crippen LogP contribution < -0.4 is 5.32 Å². The smallest absolute Gasteiger partial charge is 0.169 e. The van der Waals surface area contributed by atoms with E-state index in [0.717, 1.165) is 11.3 Å². The van der Waals surface area contributed by atoms with Gasteiger partial charge in [0.15, 0.2) is 12.1 Å². The molecule has 0 saturated carbocycles. The van der Waals surface area contributed by atoms with Crippen LogP contribution in [0.1, 0.15) is 0 Å². The van der Waals surface area contributed by atoms with Gasteiger partial charge < -0.3 is 15.5 Å². The standard InChI is InChI=1S/C12H11Cl2N3O2/c13-9-5-10(14)17-12(16-9)7-1-3-8(4-2-7)15-6-11(18)19/h1-5,11,15,18-19H,6H2. The minimum absolute atomic E-state index is 0.0544. The van der Waals surface area contributed by atoms with Crippen LogP contribution in [0, 0.1) is 0 Å². The fraction of sp³-hybridized carbons (Fsp3) is 0.167. The minimum Gasteiger partial charge on any atom is -0.380 e. The quantitative estimate of drug-likeness (QED) is 0.596. The van der Waals surface area contributed by atoms with Crippen LogP contribution in [0.3, 0.4) is 0 Å². The number of hydrogen-bond donors (Lipinski definition) is 3. The number of halogens is 2. The number of aliphatic hydroxyl groups is 2. The third-order valence-electron chi connectivity index (χ3n) is 2.30. The molecule has 7 heteroatoms. The summed E-state index contributed by atoms with van der Waals surface area (Å²) in [6.07, 6.45) is -1.39. The first kappa shape index (κ1) is 14.0. The molecule has 0 unspecified atom stereocenters. The number of rotatable bonds is 4. The second-order valence-corrected chi connectivity index (χ2v) is 4.55. The van der Waals surface area contributed by atoms with Crippen LogP contribution in [-0.4, -0.2) is 33.0 Å². The lowest BCUT2D eigenvalue weighted by Gasteiger charge is -2.08. The van der Waals surface area contributed by atoms with Crippen molar-refractivity contribution in [2.45, 2.75) is 6.29 Å². The summed E-state index contributed by atoms with van der Waals surface area (Å²) in [6, 6.07) is 8.58. The van der Waals surface area contributed by atoms with Gasteiger partial charge in [0.25, 0.3) is 0 Å². The molecule has 2 rings (SSSR count). The van der Waals surface area contributed by atoms with Crippen molar-refractivity contribution in [1.82, 2.24) is 9.97 Å². The molecule has 0 saturated heterocycles. The van der Waals surface area contributed by atoms with Crippen molar-refractivity contribution in [2.24, 2.45) is 0 Å². The number of nitrogens with one attached hydrogen (secondary N) is 1. The predicted molar refractivity (Wildman–Crippen MR) is 74.2 cm³/mol. The van der Waals surface area contributed by atoms with Gasteiger partial charge in [-0.05, 0) is 24.3 Å². The van der Waals surface area contributed by atoms with Crippen LogP contribution in [0.4, 0.5) is 5.69 Å². The van der Waals surface area contributed by atoms with E-state index >= 15 is 0 Å². The van der Waals surface area contributed by atoms with E-state index in [2.05, 4.69) is 15.3 Å². The highest BCUT2D eigenvalue weighted by Gasteiger charge is 2.05. The summed E-state index contributed by atoms with van der Waals surface area (Å²) >= 11 is 11.6. The van der Waals surface area contributed by atoms with Gasteiger partial charge in [0.2, 0.25) is 0 Å². The molecule has 1 aromatic carbocycles. The van der Waals surface area contributed by atoms with Crippen LogP contribution >= 0.6 is 23.2 Å². The number of aromatic nitrogens is 2. The number of aliphatic hydroxyl groups excluding tert-OH is 1. The zero-order valence-electron chi connectivity index (χ0n) is 9.72. The van der Waals surface area contributed by atoms with E-state index < -0.39 is 6.29 Å². The first-order valence-electron chi connectivity index (χ1n) is 5.45. The van der Waals surface area contributed by atoms with E-state index in [-0.39, 0.29) is 16.9 Å². The molecule has 0 fully saturated rings. The molecule has 5 nitrogen and oxygen atoms in total. The van der Waals surface area contributed by atoms with Gasteiger partial charge in [-0.3, -0.25) is 0 Å². The third-order valence-corrected chi connectivity index (χ3v) is 2.68. The van der Waals surface area contributed by atoms with Crippen LogP contribution in [-0.2, 0) is 0 Å². The van der Waals surface area contributed by atoms with Crippen molar-refractivity contribution in [3.05, 3.63) is 40.6 Å². The summed E-state index contributed by atoms with van der Waals surface area (Å²) in [6.45, 7) is 0.0544. The largest absolute Gasteiger partial charge is 0.380 e. The summed E-state index contributed by atoms with van der Waals surface area (Å²) in [5.74, 6) is 0.436. The van der Waals surface area contributed by atoms with Gasteiger partial charge in [0.05, 0.1) is 6.54 Å². The molecule has 100 valence electrons. The zero-order chi connectivity index (χ0) is 13.8. The van der Waals surface area contributed by atoms with E-state index in [9.17, 15) is 0 Å². The number of nitrogens with zero attached hydrogens (tertiary/aromatic N) is 2. The van der Waals surface area contributed by atoms with Gasteiger partial charge in [-0.2, -0.15) is 0 Å². The fourth-order valence-corrected chi connectivity index (χ4v) is 1.89. The highest BCUT2D eigenvalue weighted by molar-refractivity contribution is 6.33. The molecular weight excluding hydrogens is 289 g/mol. The lowest BCUT2D eigenvalue weighted by atomic mass is 10.2. The maximum absolute atomic E-state index is 8.75. The topological polar surface area (TPSA) is 78.3 Å². The molecule has 19 heavy (non-hydrogen) atoms. The molecule has 0 atom stereocenters. The van der Waals surface area contributed by atoms with Crippen LogP contribution in [0.2, 0.25) is 10.3 Å². The molecule has 0 aliphatic rings. The molecule has 3 N–H and O–H groups in total. The van der Waals surface area contributed by atoms with Gasteiger partial charge in [0.1, 0.15) is 10.3 Å². The monoisotopic (exact) mass is 299 g/mol. The Bertz CT molecular complexity index is 541. The minimum atomic E-state index is -1.39. The highest BCUT2D eigenvalue weighted by atomic mass is 35.5. The molecule has 1 aromatic heterocycles. The van der Waals surface area contributed by atoms with Crippen LogP contribution in [0.5, 0.6) is 0 Å². The van der Waals surface area contributed by atoms with Gasteiger partial charge in [-0.1, -0.05) is 23.2 Å². The second-order valence-electron chi connectivity index (χ2n) is 3.78. The molecule has 0 spiro atoms. The first-order chi connectivity index (χ1) is 9.04. The Morgan fingerprint density at radius 1 is 1.05 bits per heavy atom. The normalized spacial score (nSPS) is 10.8. The third kappa shape index (κ3) is 4.04. The highest BCUT2D eigenvalue weighted by Crippen LogP contribution is 2.21. The number of hydrogen-bond acceptors (Lipinski definition) is 5. The van der Waals surface area contributed by atoms with Crippen molar-refractivity contribution in [1.29, 1.82) is 0 Å². The maximum Gasteiger partial charge on any atom is 0.169 e. The van der Waals surface area contributed by atoms with Crippen molar-refractivity contribution in [2.75, 3.05) is 11.9 Å². The Labute approximate surface area is 119 Å². The number of benzene rings is 1. The Morgan fingerprint density at radius 3 is 2.16 bits per heavy atom. The molecule has 0 radical (unpaired) electrons. The molecule has 0 amide bonds. The zero-order valence-corrected chi connectivity index (χ0v) is 11.2. The predicted octanol–water partition coefficient (Wildman–Crippen LogP) is 2.17. The number of anilines is 1. The Morgan fingerprint density at radius 2 is 1.63 bits per heavy atom. The van der Waals surface area contributed by atoms with E-state index in [1.807, 2.05) is 0 Å². The van der Waals surface area contributed by atoms with E-state index in [0.29, 0.717) is 5.82 Å². The summed E-state index contributed by atoms with van der Waals surface area (Å²) < 4.78 is 0. The Kier molecular flexibility index (Phi) is 4.55. The molecule has 0 bridgehead atoms. The van der Waals surface area contributed by atoms with E-state index in [1.54, 1.807) is 24.3 Å². The van der Waals surface area contributed by atoms with Gasteiger partial charge in [-0.25, -0.2) is 9.97 Å². The van der Waals surface area contributed by atoms with E-state index in [1.165, 1.54) is 6.07 Å². The average Bonchev–Trinajstić information content (AvgIpc) is 2.36. The van der Waals surface area contributed by atoms with Crippen LogP contribution in [0.15, 0.2) is 30.3 Å². The van der Waals surface area contributed by atoms with Gasteiger partial charge in [-0.15, -0.1) is 0 Å². The van der Waals surface area contributed by atoms with Gasteiger partial charge >= 0.3 is 0 Å². The molecule has 0 aliphatic heterocycles. The first-order valence-corrected chi connectivity index (χ1v) is 6.21. The average molecular weight is 300 g/mol. The lowest BCUT2D eigenvalue weighted by Crippen LogP contribution is -2.18. The van der Waals surface area contributed by atoms with Crippen LogP contribution in [0.25, 0.3) is 11.4 Å². The van der Waals surface area contributed by atoms with Gasteiger partial charge in [0, 0.05) is 17.3 Å². The molecule has 0 aliphatic carbocycles. The lowest BCUT2D eigenvalue weighted by molar-refractivity contribution is -0.0275. The molecule has 2 aromatic rings. The van der Waals surface area contributed by atoms with Crippen molar-refractivity contribution < 1.29 is 10.2 Å². The summed E-state index contributed by atoms with van der Waals surface area (Å²) in [4.78, 5) is 8.16. The van der Waals surface area contributed by atoms with E-state index in [4.69, 9.17) is 33.4 Å². The SMILES string of the molecule is OC(O)CNc1ccc(-c2nc(Cl)cc(Cl)n2)cc1. The second kappa shape index (κ2) is 6.16. The Balaban J connectivity index is 2.17. The van der Waals surface area contributed by atoms with Crippen molar-refractivity contribution >= 4 is 28.9 Å². The molecule has 1 heterocycles. The summed E-state index contributed by atoms with van der Waals surface area (Å²) in [7, 11) is 0. The maximum atomic E-state index is 8.75. The van der Waals surface area contributed by atoms with Crippen molar-refractivity contribution in [3.8, 4) is 11.4 Å². The Hall–Kier alpha value is -1.40. The summed E-state index contributed by atoms with van der Waals surface area (Å²) in [5, 5.41) is 20.9.